The first-order chi connectivity index (χ1) is 25.8. The minimum absolute atomic E-state index is 0.853. The lowest BCUT2D eigenvalue weighted by Gasteiger charge is -2.17. The van der Waals surface area contributed by atoms with E-state index in [2.05, 4.69) is 186 Å². The molecule has 0 saturated carbocycles. The van der Waals surface area contributed by atoms with Gasteiger partial charge in [0.2, 0.25) is 0 Å². The van der Waals surface area contributed by atoms with Crippen molar-refractivity contribution in [3.05, 3.63) is 197 Å². The number of allylic oxidation sites excluding steroid dienone is 2. The molecular formula is C49H33N3. The van der Waals surface area contributed by atoms with Crippen molar-refractivity contribution in [2.24, 2.45) is 0 Å². The van der Waals surface area contributed by atoms with Crippen molar-refractivity contribution < 1.29 is 0 Å². The van der Waals surface area contributed by atoms with Crippen molar-refractivity contribution >= 4 is 61.9 Å². The molecule has 0 amide bonds. The van der Waals surface area contributed by atoms with Crippen molar-refractivity contribution in [1.29, 1.82) is 0 Å². The Hall–Kier alpha value is -6.84. The van der Waals surface area contributed by atoms with Gasteiger partial charge in [0.05, 0.1) is 16.2 Å². The zero-order valence-electron chi connectivity index (χ0n) is 28.4. The monoisotopic (exact) mass is 663 g/mol. The van der Waals surface area contributed by atoms with E-state index in [4.69, 9.17) is 9.97 Å². The lowest BCUT2D eigenvalue weighted by molar-refractivity contribution is 1.08. The quantitative estimate of drug-likeness (QED) is 0.136. The Kier molecular flexibility index (Phi) is 7.21. The number of imidazole rings is 1. The summed E-state index contributed by atoms with van der Waals surface area (Å²) >= 11 is 0. The third-order valence-corrected chi connectivity index (χ3v) is 10.2. The number of rotatable bonds is 5. The van der Waals surface area contributed by atoms with Crippen LogP contribution < -0.4 is 10.7 Å². The highest BCUT2D eigenvalue weighted by Gasteiger charge is 2.18. The number of hydrogen-bond acceptors (Lipinski definition) is 2. The number of aromatic nitrogens is 3. The van der Waals surface area contributed by atoms with E-state index in [1.807, 2.05) is 6.07 Å². The van der Waals surface area contributed by atoms with Gasteiger partial charge in [0.25, 0.3) is 0 Å². The van der Waals surface area contributed by atoms with E-state index in [-0.39, 0.29) is 0 Å². The molecule has 244 valence electrons. The molecule has 0 unspecified atom stereocenters. The average molecular weight is 664 g/mol. The zero-order valence-corrected chi connectivity index (χ0v) is 28.4. The van der Waals surface area contributed by atoms with Crippen molar-refractivity contribution in [2.75, 3.05) is 0 Å². The van der Waals surface area contributed by atoms with Crippen LogP contribution in [0.4, 0.5) is 0 Å². The van der Waals surface area contributed by atoms with Crippen LogP contribution in [0.3, 0.4) is 0 Å². The molecule has 52 heavy (non-hydrogen) atoms. The van der Waals surface area contributed by atoms with Crippen LogP contribution in [0.15, 0.2) is 170 Å². The van der Waals surface area contributed by atoms with Gasteiger partial charge in [-0.05, 0) is 85.6 Å². The topological polar surface area (TPSA) is 30.2 Å². The summed E-state index contributed by atoms with van der Waals surface area (Å²) in [4.78, 5) is 10.3. The minimum Gasteiger partial charge on any atom is -0.276 e. The summed E-state index contributed by atoms with van der Waals surface area (Å²) in [7, 11) is 0. The molecule has 9 aromatic rings. The Bertz CT molecular complexity index is 2910. The number of benzene rings is 7. The Morgan fingerprint density at radius 3 is 1.75 bits per heavy atom. The smallest absolute Gasteiger partial charge is 0.149 e. The Morgan fingerprint density at radius 2 is 1.10 bits per heavy atom. The van der Waals surface area contributed by atoms with E-state index in [0.717, 1.165) is 45.1 Å². The van der Waals surface area contributed by atoms with Crippen LogP contribution in [0.2, 0.25) is 0 Å². The highest BCUT2D eigenvalue weighted by Crippen LogP contribution is 2.42. The van der Waals surface area contributed by atoms with Gasteiger partial charge in [-0.3, -0.25) is 4.40 Å². The van der Waals surface area contributed by atoms with E-state index in [1.54, 1.807) is 0 Å². The number of para-hydroxylation sites is 1. The number of fused-ring (bicyclic) bond motifs is 7. The molecule has 0 saturated heterocycles. The third-order valence-electron chi connectivity index (χ3n) is 10.2. The maximum atomic E-state index is 5.24. The summed E-state index contributed by atoms with van der Waals surface area (Å²) in [5, 5.41) is 8.02. The van der Waals surface area contributed by atoms with Crippen LogP contribution >= 0.6 is 0 Å². The van der Waals surface area contributed by atoms with E-state index in [1.165, 1.54) is 54.9 Å². The predicted octanol–water partition coefficient (Wildman–Crippen LogP) is 10.6. The molecule has 7 aromatic carbocycles. The van der Waals surface area contributed by atoms with Gasteiger partial charge in [-0.1, -0.05) is 164 Å². The largest absolute Gasteiger partial charge is 0.276 e. The second-order valence-electron chi connectivity index (χ2n) is 13.3. The Labute approximate surface area is 301 Å². The van der Waals surface area contributed by atoms with Gasteiger partial charge in [-0.25, -0.2) is 9.97 Å². The molecule has 10 rings (SSSR count). The molecular weight excluding hydrogens is 631 g/mol. The summed E-state index contributed by atoms with van der Waals surface area (Å²) in [6.45, 7) is 0. The first-order valence-corrected chi connectivity index (χ1v) is 17.8. The molecule has 1 aliphatic carbocycles. The first kappa shape index (κ1) is 30.0. The summed E-state index contributed by atoms with van der Waals surface area (Å²) < 4.78 is 2.24. The Balaban J connectivity index is 1.19. The molecule has 1 aliphatic rings. The van der Waals surface area contributed by atoms with Gasteiger partial charge in [0.15, 0.2) is 0 Å². The molecule has 2 heterocycles. The van der Waals surface area contributed by atoms with Crippen LogP contribution in [-0.2, 0) is 0 Å². The van der Waals surface area contributed by atoms with Crippen LogP contribution in [0.1, 0.15) is 23.1 Å². The number of nitrogens with zero attached hydrogens (tertiary/aromatic N) is 3. The summed E-state index contributed by atoms with van der Waals surface area (Å²) in [6, 6.07) is 56.4. The van der Waals surface area contributed by atoms with Gasteiger partial charge in [0, 0.05) is 10.9 Å². The second-order valence-corrected chi connectivity index (χ2v) is 13.3. The van der Waals surface area contributed by atoms with E-state index in [0.29, 0.717) is 0 Å². The van der Waals surface area contributed by atoms with Gasteiger partial charge in [-0.15, -0.1) is 0 Å². The maximum absolute atomic E-state index is 5.24. The highest BCUT2D eigenvalue weighted by molar-refractivity contribution is 6.19. The average Bonchev–Trinajstić information content (AvgIpc) is 3.42. The van der Waals surface area contributed by atoms with Crippen LogP contribution in [0.5, 0.6) is 0 Å². The van der Waals surface area contributed by atoms with Gasteiger partial charge in [-0.2, -0.15) is 0 Å². The maximum Gasteiger partial charge on any atom is 0.149 e. The van der Waals surface area contributed by atoms with Gasteiger partial charge >= 0.3 is 0 Å². The lowest BCUT2D eigenvalue weighted by Crippen LogP contribution is -2.27. The minimum atomic E-state index is 0.853. The van der Waals surface area contributed by atoms with E-state index in [9.17, 15) is 0 Å². The number of hydrogen-bond donors (Lipinski definition) is 0. The van der Waals surface area contributed by atoms with Crippen LogP contribution in [0.25, 0.3) is 84.4 Å². The fraction of sp³-hybridized carbons (Fsp3) is 0.0204. The standard InChI is InChI=1S/C49H33N3/c1-4-16-33(17-5-1)42(34-18-6-2-7-19-34)32-43-37-20-10-12-22-39(37)47(40-23-13-11-21-38(40)43)35-28-30-36(31-29-35)48-50-44-25-15-14-24-41(44)49-51-45-26-8-3-9-27-46(45)52(48)49/h1-8,10-32H,9H2. The molecule has 3 nitrogen and oxygen atoms in total. The van der Waals surface area contributed by atoms with Crippen molar-refractivity contribution in [3.63, 3.8) is 0 Å². The SMILES string of the molecule is C1=CCC=c2c(nc3c4ccccc4nc(-c4ccc(-c5c6ccccc6c(C=C(c6ccccc6)c6ccccc6)c6ccccc56)cc4)n23)=C1. The summed E-state index contributed by atoms with van der Waals surface area (Å²) in [5.74, 6) is 0.894. The molecule has 3 heteroatoms. The molecule has 0 fully saturated rings. The molecule has 0 N–H and O–H groups in total. The molecule has 0 aliphatic heterocycles. The molecule has 0 bridgehead atoms. The van der Waals surface area contributed by atoms with Gasteiger partial charge in [0.1, 0.15) is 11.5 Å². The zero-order chi connectivity index (χ0) is 34.4. The van der Waals surface area contributed by atoms with E-state index >= 15 is 0 Å². The molecule has 0 atom stereocenters. The molecule has 2 aromatic heterocycles. The molecule has 0 spiro atoms. The van der Waals surface area contributed by atoms with Crippen molar-refractivity contribution in [2.45, 2.75) is 6.42 Å². The lowest BCUT2D eigenvalue weighted by atomic mass is 9.86. The van der Waals surface area contributed by atoms with Crippen molar-refractivity contribution in [3.8, 4) is 22.5 Å². The second kappa shape index (κ2) is 12.5. The fourth-order valence-corrected chi connectivity index (χ4v) is 7.83. The highest BCUT2D eigenvalue weighted by atomic mass is 15.1. The van der Waals surface area contributed by atoms with Crippen LogP contribution in [-0.4, -0.2) is 14.4 Å². The van der Waals surface area contributed by atoms with E-state index < -0.39 is 0 Å². The fourth-order valence-electron chi connectivity index (χ4n) is 7.83. The summed E-state index contributed by atoms with van der Waals surface area (Å²) in [6.07, 6.45) is 11.8. The summed E-state index contributed by atoms with van der Waals surface area (Å²) in [5.41, 5.74) is 10.1. The molecule has 0 radical (unpaired) electrons. The predicted molar refractivity (Wildman–Crippen MR) is 218 cm³/mol. The Morgan fingerprint density at radius 1 is 0.538 bits per heavy atom. The van der Waals surface area contributed by atoms with Crippen molar-refractivity contribution in [1.82, 2.24) is 14.4 Å². The van der Waals surface area contributed by atoms with Crippen LogP contribution in [0, 0.1) is 0 Å². The first-order valence-electron chi connectivity index (χ1n) is 17.8. The third kappa shape index (κ3) is 4.98. The van der Waals surface area contributed by atoms with Gasteiger partial charge < -0.3 is 0 Å². The normalized spacial score (nSPS) is 12.4.